The molecule has 1 unspecified atom stereocenters. The second-order valence-corrected chi connectivity index (χ2v) is 6.20. The first-order valence-electron chi connectivity index (χ1n) is 8.99. The number of hydrogen-bond donors (Lipinski definition) is 1. The lowest BCUT2D eigenvalue weighted by molar-refractivity contribution is 0.189. The zero-order chi connectivity index (χ0) is 17.5. The van der Waals surface area contributed by atoms with Crippen molar-refractivity contribution in [3.8, 4) is 5.75 Å². The Labute approximate surface area is 149 Å². The second-order valence-electron chi connectivity index (χ2n) is 6.20. The van der Waals surface area contributed by atoms with Gasteiger partial charge >= 0.3 is 6.03 Å². The lowest BCUT2D eigenvalue weighted by Gasteiger charge is -2.30. The molecule has 2 amide bonds. The van der Waals surface area contributed by atoms with E-state index in [1.54, 1.807) is 12.4 Å². The Balaban J connectivity index is 1.81. The van der Waals surface area contributed by atoms with E-state index in [2.05, 4.69) is 10.3 Å². The van der Waals surface area contributed by atoms with Crippen LogP contribution in [-0.4, -0.2) is 29.1 Å². The molecule has 1 fully saturated rings. The van der Waals surface area contributed by atoms with Gasteiger partial charge in [0.25, 0.3) is 0 Å². The molecule has 132 valence electrons. The van der Waals surface area contributed by atoms with Gasteiger partial charge in [0.2, 0.25) is 0 Å². The van der Waals surface area contributed by atoms with E-state index < -0.39 is 0 Å². The number of para-hydroxylation sites is 2. The zero-order valence-corrected chi connectivity index (χ0v) is 14.6. The van der Waals surface area contributed by atoms with E-state index in [0.717, 1.165) is 37.8 Å². The molecule has 1 atom stereocenters. The first-order chi connectivity index (χ1) is 12.3. The normalized spacial score (nSPS) is 17.6. The molecule has 1 aliphatic heterocycles. The van der Waals surface area contributed by atoms with Crippen LogP contribution in [0.15, 0.2) is 48.8 Å². The van der Waals surface area contributed by atoms with E-state index >= 15 is 0 Å². The molecule has 1 aromatic heterocycles. The van der Waals surface area contributed by atoms with Crippen molar-refractivity contribution in [1.82, 2.24) is 9.88 Å². The van der Waals surface area contributed by atoms with Crippen LogP contribution in [0.4, 0.5) is 10.5 Å². The Kier molecular flexibility index (Phi) is 5.88. The highest BCUT2D eigenvalue weighted by molar-refractivity contribution is 5.91. The van der Waals surface area contributed by atoms with Crippen molar-refractivity contribution in [2.45, 2.75) is 38.6 Å². The van der Waals surface area contributed by atoms with Gasteiger partial charge in [0.1, 0.15) is 5.75 Å². The van der Waals surface area contributed by atoms with Crippen molar-refractivity contribution >= 4 is 11.7 Å². The van der Waals surface area contributed by atoms with Gasteiger partial charge in [-0.25, -0.2) is 4.79 Å². The number of likely N-dealkylation sites (tertiary alicyclic amines) is 1. The summed E-state index contributed by atoms with van der Waals surface area (Å²) in [6.45, 7) is 3.26. The highest BCUT2D eigenvalue weighted by Crippen LogP contribution is 2.31. The minimum Gasteiger partial charge on any atom is -0.492 e. The molecule has 25 heavy (non-hydrogen) atoms. The van der Waals surface area contributed by atoms with Gasteiger partial charge in [-0.3, -0.25) is 4.98 Å². The van der Waals surface area contributed by atoms with Crippen LogP contribution in [0.5, 0.6) is 5.75 Å². The lowest BCUT2D eigenvalue weighted by atomic mass is 10.0. The number of rotatable bonds is 4. The largest absolute Gasteiger partial charge is 0.492 e. The summed E-state index contributed by atoms with van der Waals surface area (Å²) in [7, 11) is 0. The molecule has 0 saturated carbocycles. The van der Waals surface area contributed by atoms with E-state index in [-0.39, 0.29) is 12.1 Å². The van der Waals surface area contributed by atoms with Crippen molar-refractivity contribution in [2.75, 3.05) is 18.5 Å². The van der Waals surface area contributed by atoms with E-state index in [1.165, 1.54) is 0 Å². The summed E-state index contributed by atoms with van der Waals surface area (Å²) >= 11 is 0. The molecule has 1 aliphatic rings. The predicted octanol–water partition coefficient (Wildman–Crippen LogP) is 4.63. The number of nitrogens with one attached hydrogen (secondary N) is 1. The number of hydrogen-bond acceptors (Lipinski definition) is 3. The number of pyridine rings is 1. The number of urea groups is 1. The number of carbonyl (C=O) groups is 1. The summed E-state index contributed by atoms with van der Waals surface area (Å²) in [5.74, 6) is 0.702. The minimum absolute atomic E-state index is 0.0733. The molecule has 2 aromatic rings. The quantitative estimate of drug-likeness (QED) is 0.883. The fraction of sp³-hybridized carbons (Fsp3) is 0.400. The third-order valence-corrected chi connectivity index (χ3v) is 4.53. The molecule has 1 saturated heterocycles. The second kappa shape index (κ2) is 8.51. The van der Waals surface area contributed by atoms with E-state index in [4.69, 9.17) is 4.74 Å². The van der Waals surface area contributed by atoms with Crippen LogP contribution in [0, 0.1) is 0 Å². The fourth-order valence-electron chi connectivity index (χ4n) is 3.32. The number of benzene rings is 1. The van der Waals surface area contributed by atoms with Gasteiger partial charge in [-0.2, -0.15) is 0 Å². The van der Waals surface area contributed by atoms with Crippen LogP contribution in [-0.2, 0) is 0 Å². The molecule has 5 heteroatoms. The van der Waals surface area contributed by atoms with Gasteiger partial charge in [-0.1, -0.05) is 25.0 Å². The van der Waals surface area contributed by atoms with Crippen LogP contribution in [0.25, 0.3) is 0 Å². The Morgan fingerprint density at radius 1 is 1.20 bits per heavy atom. The fourth-order valence-corrected chi connectivity index (χ4v) is 3.32. The number of aromatic nitrogens is 1. The molecule has 0 bridgehead atoms. The van der Waals surface area contributed by atoms with Crippen molar-refractivity contribution < 1.29 is 9.53 Å². The highest BCUT2D eigenvalue weighted by atomic mass is 16.5. The van der Waals surface area contributed by atoms with Crippen molar-refractivity contribution in [2.24, 2.45) is 0 Å². The van der Waals surface area contributed by atoms with Crippen molar-refractivity contribution in [3.63, 3.8) is 0 Å². The van der Waals surface area contributed by atoms with Gasteiger partial charge in [0, 0.05) is 18.9 Å². The molecular weight excluding hydrogens is 314 g/mol. The highest BCUT2D eigenvalue weighted by Gasteiger charge is 2.27. The van der Waals surface area contributed by atoms with Gasteiger partial charge in [0.05, 0.1) is 18.3 Å². The molecule has 3 rings (SSSR count). The van der Waals surface area contributed by atoms with Crippen LogP contribution in [0.2, 0.25) is 0 Å². The van der Waals surface area contributed by atoms with Gasteiger partial charge in [0.15, 0.2) is 0 Å². The van der Waals surface area contributed by atoms with Gasteiger partial charge in [-0.15, -0.1) is 0 Å². The summed E-state index contributed by atoms with van der Waals surface area (Å²) in [6, 6.07) is 11.6. The predicted molar refractivity (Wildman–Crippen MR) is 98.8 cm³/mol. The molecule has 5 nitrogen and oxygen atoms in total. The Bertz CT molecular complexity index is 690. The monoisotopic (exact) mass is 339 g/mol. The number of carbonyl (C=O) groups excluding carboxylic acids is 1. The van der Waals surface area contributed by atoms with Crippen molar-refractivity contribution in [1.29, 1.82) is 0 Å². The standard InChI is InChI=1S/C20H25N3O2/c1-2-25-19-10-6-5-8-17(19)22-20(24)23-15-7-3-4-9-18(23)16-11-13-21-14-12-16/h5-6,8,10-14,18H,2-4,7,9,15H2,1H3,(H,22,24). The summed E-state index contributed by atoms with van der Waals surface area (Å²) < 4.78 is 5.62. The molecule has 0 radical (unpaired) electrons. The van der Waals surface area contributed by atoms with E-state index in [9.17, 15) is 4.79 Å². The molecule has 1 aromatic carbocycles. The summed E-state index contributed by atoms with van der Waals surface area (Å²) in [6.07, 6.45) is 7.88. The lowest BCUT2D eigenvalue weighted by Crippen LogP contribution is -2.38. The molecule has 0 spiro atoms. The maximum absolute atomic E-state index is 13.0. The van der Waals surface area contributed by atoms with Crippen LogP contribution >= 0.6 is 0 Å². The first-order valence-corrected chi connectivity index (χ1v) is 8.99. The van der Waals surface area contributed by atoms with Crippen molar-refractivity contribution in [3.05, 3.63) is 54.4 Å². The third kappa shape index (κ3) is 4.29. The number of ether oxygens (including phenoxy) is 1. The van der Waals surface area contributed by atoms with Crippen LogP contribution in [0.3, 0.4) is 0 Å². The number of anilines is 1. The molecular formula is C20H25N3O2. The number of nitrogens with zero attached hydrogens (tertiary/aromatic N) is 2. The summed E-state index contributed by atoms with van der Waals surface area (Å²) in [5, 5.41) is 3.04. The molecule has 1 N–H and O–H groups in total. The maximum atomic E-state index is 13.0. The maximum Gasteiger partial charge on any atom is 0.322 e. The molecule has 0 aliphatic carbocycles. The Morgan fingerprint density at radius 3 is 2.80 bits per heavy atom. The molecule has 2 heterocycles. The Hall–Kier alpha value is -2.56. The average Bonchev–Trinajstić information content (AvgIpc) is 2.90. The summed E-state index contributed by atoms with van der Waals surface area (Å²) in [5.41, 5.74) is 1.86. The Morgan fingerprint density at radius 2 is 2.00 bits per heavy atom. The topological polar surface area (TPSA) is 54.5 Å². The van der Waals surface area contributed by atoms with E-state index in [1.807, 2.05) is 48.2 Å². The zero-order valence-electron chi connectivity index (χ0n) is 14.6. The van der Waals surface area contributed by atoms with Crippen LogP contribution < -0.4 is 10.1 Å². The van der Waals surface area contributed by atoms with Crippen LogP contribution in [0.1, 0.15) is 44.2 Å². The van der Waals surface area contributed by atoms with Gasteiger partial charge < -0.3 is 15.0 Å². The average molecular weight is 339 g/mol. The summed E-state index contributed by atoms with van der Waals surface area (Å²) in [4.78, 5) is 19.1. The minimum atomic E-state index is -0.0733. The van der Waals surface area contributed by atoms with Gasteiger partial charge in [-0.05, 0) is 49.6 Å². The SMILES string of the molecule is CCOc1ccccc1NC(=O)N1CCCCCC1c1ccncc1. The third-order valence-electron chi connectivity index (χ3n) is 4.53. The number of amides is 2. The first kappa shape index (κ1) is 17.3. The van der Waals surface area contributed by atoms with E-state index in [0.29, 0.717) is 18.0 Å². The smallest absolute Gasteiger partial charge is 0.322 e.